The SMILES string of the molecule is C#Cc1ccc(CN2CCN(C3CCCCC3)[C@@H](CCO)C2)cc1. The van der Waals surface area contributed by atoms with Gasteiger partial charge in [0.05, 0.1) is 0 Å². The van der Waals surface area contributed by atoms with E-state index in [1.54, 1.807) is 0 Å². The van der Waals surface area contributed by atoms with Gasteiger partial charge in [0, 0.05) is 50.4 Å². The lowest BCUT2D eigenvalue weighted by atomic mass is 9.91. The zero-order valence-corrected chi connectivity index (χ0v) is 14.7. The zero-order chi connectivity index (χ0) is 16.8. The Kier molecular flexibility index (Phi) is 6.31. The minimum Gasteiger partial charge on any atom is -0.396 e. The van der Waals surface area contributed by atoms with E-state index < -0.39 is 0 Å². The maximum absolute atomic E-state index is 9.50. The smallest absolute Gasteiger partial charge is 0.0446 e. The first kappa shape index (κ1) is 17.5. The lowest BCUT2D eigenvalue weighted by Gasteiger charge is -2.46. The summed E-state index contributed by atoms with van der Waals surface area (Å²) in [6.45, 7) is 4.59. The standard InChI is InChI=1S/C21H30N2O/c1-2-18-8-10-19(11-9-18)16-22-13-14-23(21(17-22)12-15-24)20-6-4-3-5-7-20/h1,8-11,20-21,24H,3-7,12-17H2/t21-/m0/s1. The molecule has 0 amide bonds. The number of aliphatic hydroxyl groups is 1. The van der Waals surface area contributed by atoms with Crippen molar-refractivity contribution in [2.75, 3.05) is 26.2 Å². The van der Waals surface area contributed by atoms with E-state index in [0.29, 0.717) is 12.6 Å². The average molecular weight is 326 g/mol. The summed E-state index contributed by atoms with van der Waals surface area (Å²) < 4.78 is 0. The van der Waals surface area contributed by atoms with Crippen LogP contribution in [-0.4, -0.2) is 53.2 Å². The van der Waals surface area contributed by atoms with Gasteiger partial charge in [-0.25, -0.2) is 0 Å². The fourth-order valence-electron chi connectivity index (χ4n) is 4.34. The monoisotopic (exact) mass is 326 g/mol. The highest BCUT2D eigenvalue weighted by atomic mass is 16.3. The van der Waals surface area contributed by atoms with Gasteiger partial charge in [0.2, 0.25) is 0 Å². The molecule has 0 radical (unpaired) electrons. The van der Waals surface area contributed by atoms with Gasteiger partial charge in [-0.3, -0.25) is 9.80 Å². The molecule has 1 aromatic rings. The topological polar surface area (TPSA) is 26.7 Å². The maximum Gasteiger partial charge on any atom is 0.0446 e. The summed E-state index contributed by atoms with van der Waals surface area (Å²) in [5, 5.41) is 9.50. The number of nitrogens with zero attached hydrogens (tertiary/aromatic N) is 2. The summed E-state index contributed by atoms with van der Waals surface area (Å²) >= 11 is 0. The Morgan fingerprint density at radius 2 is 1.83 bits per heavy atom. The van der Waals surface area contributed by atoms with E-state index in [1.807, 2.05) is 12.1 Å². The van der Waals surface area contributed by atoms with Crippen molar-refractivity contribution in [3.8, 4) is 12.3 Å². The molecule has 0 bridgehead atoms. The summed E-state index contributed by atoms with van der Waals surface area (Å²) in [7, 11) is 0. The molecule has 0 unspecified atom stereocenters. The average Bonchev–Trinajstić information content (AvgIpc) is 2.64. The molecule has 2 aliphatic rings. The van der Waals surface area contributed by atoms with E-state index in [2.05, 4.69) is 27.9 Å². The van der Waals surface area contributed by atoms with E-state index in [1.165, 1.54) is 37.7 Å². The minimum absolute atomic E-state index is 0.290. The zero-order valence-electron chi connectivity index (χ0n) is 14.7. The Hall–Kier alpha value is -1.34. The van der Waals surface area contributed by atoms with Gasteiger partial charge < -0.3 is 5.11 Å². The molecule has 1 aliphatic heterocycles. The quantitative estimate of drug-likeness (QED) is 0.843. The first-order valence-electron chi connectivity index (χ1n) is 9.44. The van der Waals surface area contributed by atoms with Gasteiger partial charge in [0.1, 0.15) is 0 Å². The van der Waals surface area contributed by atoms with Gasteiger partial charge in [-0.15, -0.1) is 6.42 Å². The number of benzene rings is 1. The third-order valence-electron chi connectivity index (χ3n) is 5.65. The Bertz CT molecular complexity index is 542. The van der Waals surface area contributed by atoms with E-state index in [-0.39, 0.29) is 0 Å². The van der Waals surface area contributed by atoms with Crippen molar-refractivity contribution in [1.29, 1.82) is 0 Å². The summed E-state index contributed by atoms with van der Waals surface area (Å²) in [5.41, 5.74) is 2.27. The molecule has 1 saturated heterocycles. The lowest BCUT2D eigenvalue weighted by molar-refractivity contribution is 0.0137. The fourth-order valence-corrected chi connectivity index (χ4v) is 4.34. The lowest BCUT2D eigenvalue weighted by Crippen LogP contribution is -2.56. The molecular weight excluding hydrogens is 296 g/mol. The summed E-state index contributed by atoms with van der Waals surface area (Å²) in [4.78, 5) is 5.23. The number of piperazine rings is 1. The van der Waals surface area contributed by atoms with Crippen LogP contribution in [0.2, 0.25) is 0 Å². The Labute approximate surface area is 146 Å². The van der Waals surface area contributed by atoms with Crippen molar-refractivity contribution in [1.82, 2.24) is 9.80 Å². The van der Waals surface area contributed by atoms with E-state index in [9.17, 15) is 5.11 Å². The predicted molar refractivity (Wildman–Crippen MR) is 98.7 cm³/mol. The van der Waals surface area contributed by atoms with Crippen LogP contribution in [0.1, 0.15) is 49.7 Å². The van der Waals surface area contributed by atoms with Crippen molar-refractivity contribution >= 4 is 0 Å². The van der Waals surface area contributed by atoms with Gasteiger partial charge >= 0.3 is 0 Å². The first-order valence-corrected chi connectivity index (χ1v) is 9.44. The number of rotatable bonds is 5. The maximum atomic E-state index is 9.50. The molecule has 1 aromatic carbocycles. The fraction of sp³-hybridized carbons (Fsp3) is 0.619. The third-order valence-corrected chi connectivity index (χ3v) is 5.65. The molecule has 24 heavy (non-hydrogen) atoms. The molecule has 130 valence electrons. The second-order valence-electron chi connectivity index (χ2n) is 7.27. The van der Waals surface area contributed by atoms with Crippen LogP contribution in [0.5, 0.6) is 0 Å². The predicted octanol–water partition coefficient (Wildman–Crippen LogP) is 2.87. The summed E-state index contributed by atoms with van der Waals surface area (Å²) in [6, 6.07) is 9.58. The van der Waals surface area contributed by atoms with Crippen molar-refractivity contribution in [3.05, 3.63) is 35.4 Å². The number of hydrogen-bond acceptors (Lipinski definition) is 3. The van der Waals surface area contributed by atoms with Gasteiger partial charge in [-0.1, -0.05) is 37.3 Å². The van der Waals surface area contributed by atoms with Crippen LogP contribution in [0.25, 0.3) is 0 Å². The second kappa shape index (κ2) is 8.67. The minimum atomic E-state index is 0.290. The summed E-state index contributed by atoms with van der Waals surface area (Å²) in [5.74, 6) is 2.68. The molecule has 1 saturated carbocycles. The molecule has 3 nitrogen and oxygen atoms in total. The highest BCUT2D eigenvalue weighted by molar-refractivity contribution is 5.34. The molecule has 1 atom stereocenters. The van der Waals surface area contributed by atoms with Gasteiger partial charge in [0.15, 0.2) is 0 Å². The second-order valence-corrected chi connectivity index (χ2v) is 7.27. The molecule has 3 rings (SSSR count). The van der Waals surface area contributed by atoms with Crippen LogP contribution in [0.15, 0.2) is 24.3 Å². The van der Waals surface area contributed by atoms with Crippen molar-refractivity contribution in [3.63, 3.8) is 0 Å². The van der Waals surface area contributed by atoms with Gasteiger partial charge in [0.25, 0.3) is 0 Å². The van der Waals surface area contributed by atoms with Crippen LogP contribution in [0.3, 0.4) is 0 Å². The van der Waals surface area contributed by atoms with Gasteiger partial charge in [-0.05, 0) is 37.0 Å². The summed E-state index contributed by atoms with van der Waals surface area (Å²) in [6.07, 6.45) is 13.2. The number of aliphatic hydroxyl groups excluding tert-OH is 1. The van der Waals surface area contributed by atoms with E-state index >= 15 is 0 Å². The van der Waals surface area contributed by atoms with E-state index in [4.69, 9.17) is 6.42 Å². The molecule has 3 heteroatoms. The molecule has 1 N–H and O–H groups in total. The highest BCUT2D eigenvalue weighted by Gasteiger charge is 2.32. The van der Waals surface area contributed by atoms with Crippen LogP contribution in [-0.2, 0) is 6.54 Å². The Morgan fingerprint density at radius 3 is 2.50 bits per heavy atom. The van der Waals surface area contributed by atoms with Crippen LogP contribution in [0.4, 0.5) is 0 Å². The molecule has 1 aliphatic carbocycles. The molecule has 2 fully saturated rings. The molecule has 1 heterocycles. The first-order chi connectivity index (χ1) is 11.8. The van der Waals surface area contributed by atoms with Crippen LogP contribution >= 0.6 is 0 Å². The highest BCUT2D eigenvalue weighted by Crippen LogP contribution is 2.27. The van der Waals surface area contributed by atoms with E-state index in [0.717, 1.165) is 44.2 Å². The van der Waals surface area contributed by atoms with Gasteiger partial charge in [-0.2, -0.15) is 0 Å². The van der Waals surface area contributed by atoms with Crippen molar-refractivity contribution < 1.29 is 5.11 Å². The van der Waals surface area contributed by atoms with Crippen LogP contribution < -0.4 is 0 Å². The third kappa shape index (κ3) is 4.39. The van der Waals surface area contributed by atoms with Crippen molar-refractivity contribution in [2.45, 2.75) is 57.2 Å². The number of terminal acetylenes is 1. The van der Waals surface area contributed by atoms with Crippen LogP contribution in [0, 0.1) is 12.3 Å². The normalized spacial score (nSPS) is 23.9. The number of hydrogen-bond donors (Lipinski definition) is 1. The Balaban J connectivity index is 1.60. The largest absolute Gasteiger partial charge is 0.396 e. The van der Waals surface area contributed by atoms with Crippen molar-refractivity contribution in [2.24, 2.45) is 0 Å². The molecule has 0 spiro atoms. The molecule has 0 aromatic heterocycles. The Morgan fingerprint density at radius 1 is 1.08 bits per heavy atom. The molecular formula is C21H30N2O.